The van der Waals surface area contributed by atoms with E-state index in [0.29, 0.717) is 25.2 Å². The van der Waals surface area contributed by atoms with E-state index in [1.807, 2.05) is 18.2 Å². The monoisotopic (exact) mass is 376 g/mol. The largest absolute Gasteiger partial charge is 0.491 e. The molecule has 1 aliphatic heterocycles. The number of hydrogen-bond acceptors (Lipinski definition) is 5. The van der Waals surface area contributed by atoms with E-state index in [0.717, 1.165) is 43.9 Å². The maximum Gasteiger partial charge on any atom is 0.123 e. The highest BCUT2D eigenvalue weighted by Gasteiger charge is 2.20. The SMILES string of the molecule is CN(CC(O)COc1ccccc1CNC1CCOCC1)C1CCCCC1. The summed E-state index contributed by atoms with van der Waals surface area (Å²) in [6.07, 6.45) is 8.16. The topological polar surface area (TPSA) is 54.0 Å². The molecule has 5 nitrogen and oxygen atoms in total. The molecule has 1 saturated carbocycles. The Kier molecular flexibility index (Phi) is 8.39. The minimum Gasteiger partial charge on any atom is -0.491 e. The van der Waals surface area contributed by atoms with Gasteiger partial charge in [0.2, 0.25) is 0 Å². The Labute approximate surface area is 164 Å². The van der Waals surface area contributed by atoms with Crippen LogP contribution in [-0.4, -0.2) is 61.6 Å². The lowest BCUT2D eigenvalue weighted by Gasteiger charge is -2.32. The third kappa shape index (κ3) is 6.75. The summed E-state index contributed by atoms with van der Waals surface area (Å²) in [7, 11) is 2.13. The van der Waals surface area contributed by atoms with Gasteiger partial charge < -0.3 is 24.8 Å². The summed E-state index contributed by atoms with van der Waals surface area (Å²) < 4.78 is 11.4. The number of nitrogens with one attached hydrogen (secondary N) is 1. The molecule has 0 radical (unpaired) electrons. The Balaban J connectivity index is 1.44. The smallest absolute Gasteiger partial charge is 0.123 e. The summed E-state index contributed by atoms with van der Waals surface area (Å²) in [5.74, 6) is 0.872. The van der Waals surface area contributed by atoms with Gasteiger partial charge in [0.1, 0.15) is 18.5 Å². The van der Waals surface area contributed by atoms with E-state index in [2.05, 4.69) is 23.3 Å². The van der Waals surface area contributed by atoms with Gasteiger partial charge in [0.25, 0.3) is 0 Å². The number of para-hydroxylation sites is 1. The Hall–Kier alpha value is -1.14. The maximum absolute atomic E-state index is 10.4. The number of ether oxygens (including phenoxy) is 2. The Morgan fingerprint density at radius 3 is 2.67 bits per heavy atom. The molecule has 1 aromatic carbocycles. The average molecular weight is 377 g/mol. The molecule has 1 atom stereocenters. The highest BCUT2D eigenvalue weighted by molar-refractivity contribution is 5.33. The van der Waals surface area contributed by atoms with Crippen LogP contribution in [0.2, 0.25) is 0 Å². The van der Waals surface area contributed by atoms with Crippen LogP contribution in [0, 0.1) is 0 Å². The number of benzene rings is 1. The molecule has 3 rings (SSSR count). The molecule has 27 heavy (non-hydrogen) atoms. The van der Waals surface area contributed by atoms with Gasteiger partial charge >= 0.3 is 0 Å². The second-order valence-electron chi connectivity index (χ2n) is 8.07. The number of aliphatic hydroxyl groups excluding tert-OH is 1. The molecule has 0 bridgehead atoms. The first-order valence-electron chi connectivity index (χ1n) is 10.6. The molecule has 1 aromatic rings. The molecule has 1 saturated heterocycles. The number of aliphatic hydroxyl groups is 1. The van der Waals surface area contributed by atoms with Gasteiger partial charge in [-0.1, -0.05) is 37.5 Å². The summed E-state index contributed by atoms with van der Waals surface area (Å²) in [5, 5.41) is 14.1. The second-order valence-corrected chi connectivity index (χ2v) is 8.07. The predicted octanol–water partition coefficient (Wildman–Crippen LogP) is 2.96. The van der Waals surface area contributed by atoms with Crippen molar-refractivity contribution in [1.82, 2.24) is 10.2 Å². The molecule has 0 spiro atoms. The molecular formula is C22H36N2O3. The molecule has 1 unspecified atom stereocenters. The number of rotatable bonds is 9. The van der Waals surface area contributed by atoms with Crippen molar-refractivity contribution in [2.75, 3.05) is 33.4 Å². The molecule has 2 aliphatic rings. The van der Waals surface area contributed by atoms with E-state index < -0.39 is 6.10 Å². The zero-order valence-electron chi connectivity index (χ0n) is 16.7. The molecule has 5 heteroatoms. The number of likely N-dealkylation sites (N-methyl/N-ethyl adjacent to an activating group) is 1. The van der Waals surface area contributed by atoms with Crippen LogP contribution in [0.4, 0.5) is 0 Å². The summed E-state index contributed by atoms with van der Waals surface area (Å²) in [5.41, 5.74) is 1.15. The van der Waals surface area contributed by atoms with Crippen LogP contribution in [0.25, 0.3) is 0 Å². The van der Waals surface area contributed by atoms with Crippen molar-refractivity contribution in [2.45, 2.75) is 69.7 Å². The van der Waals surface area contributed by atoms with Crippen molar-refractivity contribution in [1.29, 1.82) is 0 Å². The van der Waals surface area contributed by atoms with E-state index in [-0.39, 0.29) is 0 Å². The number of hydrogen-bond donors (Lipinski definition) is 2. The highest BCUT2D eigenvalue weighted by Crippen LogP contribution is 2.22. The van der Waals surface area contributed by atoms with E-state index in [9.17, 15) is 5.11 Å². The molecule has 152 valence electrons. The normalized spacial score (nSPS) is 20.7. The van der Waals surface area contributed by atoms with Crippen LogP contribution >= 0.6 is 0 Å². The van der Waals surface area contributed by atoms with Crippen molar-refractivity contribution in [3.63, 3.8) is 0 Å². The Bertz CT molecular complexity index is 542. The first-order valence-corrected chi connectivity index (χ1v) is 10.6. The van der Waals surface area contributed by atoms with Gasteiger partial charge in [-0.3, -0.25) is 0 Å². The van der Waals surface area contributed by atoms with Crippen molar-refractivity contribution in [2.24, 2.45) is 0 Å². The standard InChI is InChI=1S/C22H36N2O3/c1-24(20-8-3-2-4-9-20)16-21(25)17-27-22-10-6-5-7-18(22)15-23-19-11-13-26-14-12-19/h5-7,10,19-21,23,25H,2-4,8-9,11-17H2,1H3. The van der Waals surface area contributed by atoms with Gasteiger partial charge in [-0.25, -0.2) is 0 Å². The van der Waals surface area contributed by atoms with Gasteiger partial charge in [-0.2, -0.15) is 0 Å². The fourth-order valence-corrected chi connectivity index (χ4v) is 4.19. The van der Waals surface area contributed by atoms with Gasteiger partial charge in [0, 0.05) is 44.0 Å². The van der Waals surface area contributed by atoms with Crippen LogP contribution in [0.1, 0.15) is 50.5 Å². The van der Waals surface area contributed by atoms with E-state index >= 15 is 0 Å². The van der Waals surface area contributed by atoms with Gasteiger partial charge in [0.15, 0.2) is 0 Å². The third-order valence-electron chi connectivity index (χ3n) is 5.90. The molecule has 0 amide bonds. The lowest BCUT2D eigenvalue weighted by molar-refractivity contribution is 0.0557. The van der Waals surface area contributed by atoms with Gasteiger partial charge in [-0.05, 0) is 38.8 Å². The second kappa shape index (κ2) is 11.0. The third-order valence-corrected chi connectivity index (χ3v) is 5.90. The average Bonchev–Trinajstić information content (AvgIpc) is 2.72. The Morgan fingerprint density at radius 1 is 1.15 bits per heavy atom. The molecule has 2 fully saturated rings. The van der Waals surface area contributed by atoms with Crippen LogP contribution in [-0.2, 0) is 11.3 Å². The number of nitrogens with zero attached hydrogens (tertiary/aromatic N) is 1. The summed E-state index contributed by atoms with van der Waals surface area (Å²) in [4.78, 5) is 2.31. The van der Waals surface area contributed by atoms with Crippen LogP contribution in [0.3, 0.4) is 0 Å². The Morgan fingerprint density at radius 2 is 1.89 bits per heavy atom. The molecule has 2 N–H and O–H groups in total. The van der Waals surface area contributed by atoms with Gasteiger partial charge in [0.05, 0.1) is 0 Å². The van der Waals surface area contributed by atoms with E-state index in [1.54, 1.807) is 0 Å². The maximum atomic E-state index is 10.4. The van der Waals surface area contributed by atoms with E-state index in [4.69, 9.17) is 9.47 Å². The fourth-order valence-electron chi connectivity index (χ4n) is 4.19. The minimum atomic E-state index is -0.464. The summed E-state index contributed by atoms with van der Waals surface area (Å²) in [6.45, 7) is 3.49. The van der Waals surface area contributed by atoms with E-state index in [1.165, 1.54) is 32.1 Å². The highest BCUT2D eigenvalue weighted by atomic mass is 16.5. The van der Waals surface area contributed by atoms with Crippen molar-refractivity contribution in [3.8, 4) is 5.75 Å². The zero-order chi connectivity index (χ0) is 18.9. The quantitative estimate of drug-likeness (QED) is 0.694. The van der Waals surface area contributed by atoms with Crippen molar-refractivity contribution >= 4 is 0 Å². The van der Waals surface area contributed by atoms with Crippen LogP contribution < -0.4 is 10.1 Å². The molecule has 1 heterocycles. The molecular weight excluding hydrogens is 340 g/mol. The molecule has 0 aromatic heterocycles. The van der Waals surface area contributed by atoms with Crippen molar-refractivity contribution in [3.05, 3.63) is 29.8 Å². The summed E-state index contributed by atoms with van der Waals surface area (Å²) in [6, 6.07) is 9.27. The first kappa shape index (κ1) is 20.6. The van der Waals surface area contributed by atoms with Crippen LogP contribution in [0.5, 0.6) is 5.75 Å². The fraction of sp³-hybridized carbons (Fsp3) is 0.727. The zero-order valence-corrected chi connectivity index (χ0v) is 16.7. The predicted molar refractivity (Wildman–Crippen MR) is 108 cm³/mol. The van der Waals surface area contributed by atoms with Crippen LogP contribution in [0.15, 0.2) is 24.3 Å². The lowest BCUT2D eigenvalue weighted by atomic mass is 9.94. The van der Waals surface area contributed by atoms with Gasteiger partial charge in [-0.15, -0.1) is 0 Å². The van der Waals surface area contributed by atoms with Crippen molar-refractivity contribution < 1.29 is 14.6 Å². The summed E-state index contributed by atoms with van der Waals surface area (Å²) >= 11 is 0. The minimum absolute atomic E-state index is 0.339. The molecule has 1 aliphatic carbocycles. The first-order chi connectivity index (χ1) is 13.2. The lowest BCUT2D eigenvalue weighted by Crippen LogP contribution is -2.40.